The molecule has 31 heavy (non-hydrogen) atoms. The molecule has 1 aliphatic carbocycles. The first-order valence-electron chi connectivity index (χ1n) is 11.8. The van der Waals surface area contributed by atoms with Crippen molar-refractivity contribution in [2.75, 3.05) is 39.3 Å². The molecule has 1 saturated heterocycles. The highest BCUT2D eigenvalue weighted by atomic mass is 127. The Morgan fingerprint density at radius 2 is 1.90 bits per heavy atom. The van der Waals surface area contributed by atoms with Gasteiger partial charge in [-0.1, -0.05) is 36.8 Å². The molecule has 1 aromatic rings. The summed E-state index contributed by atoms with van der Waals surface area (Å²) in [5, 5.41) is 16.7. The number of rotatable bonds is 10. The average molecular weight is 545 g/mol. The summed E-state index contributed by atoms with van der Waals surface area (Å²) in [5.41, 5.74) is 1.39. The Bertz CT molecular complexity index is 623. The lowest BCUT2D eigenvalue weighted by Gasteiger charge is -2.32. The normalized spacial score (nSPS) is 22.8. The van der Waals surface area contributed by atoms with Gasteiger partial charge in [-0.2, -0.15) is 0 Å². The summed E-state index contributed by atoms with van der Waals surface area (Å²) in [6, 6.07) is 10.7. The molecule has 0 spiro atoms. The number of guanidine groups is 1. The van der Waals surface area contributed by atoms with Crippen LogP contribution in [0.15, 0.2) is 35.3 Å². The van der Waals surface area contributed by atoms with Gasteiger partial charge in [0.1, 0.15) is 0 Å². The lowest BCUT2D eigenvalue weighted by atomic mass is 10.1. The molecule has 2 aliphatic rings. The minimum atomic E-state index is -0.177. The fourth-order valence-corrected chi connectivity index (χ4v) is 4.39. The van der Waals surface area contributed by atoms with E-state index in [9.17, 15) is 5.11 Å². The van der Waals surface area contributed by atoms with Gasteiger partial charge in [0.15, 0.2) is 5.96 Å². The molecule has 1 heterocycles. The molecule has 176 valence electrons. The molecule has 2 fully saturated rings. The zero-order valence-electron chi connectivity index (χ0n) is 19.0. The van der Waals surface area contributed by atoms with Crippen LogP contribution < -0.4 is 10.6 Å². The number of aliphatic imine (C=N–C) groups is 1. The lowest BCUT2D eigenvalue weighted by Crippen LogP contribution is -2.39. The predicted octanol–water partition coefficient (Wildman–Crippen LogP) is 3.39. The largest absolute Gasteiger partial charge is 0.393 e. The Morgan fingerprint density at radius 1 is 1.13 bits per heavy atom. The topological polar surface area (TPSA) is 69.1 Å². The zero-order valence-corrected chi connectivity index (χ0v) is 21.3. The van der Waals surface area contributed by atoms with E-state index in [4.69, 9.17) is 4.74 Å². The molecule has 1 aromatic carbocycles. The zero-order chi connectivity index (χ0) is 21.0. The number of aliphatic hydroxyl groups is 1. The van der Waals surface area contributed by atoms with Gasteiger partial charge in [-0.05, 0) is 44.6 Å². The first-order chi connectivity index (χ1) is 14.7. The van der Waals surface area contributed by atoms with Crippen LogP contribution >= 0.6 is 24.0 Å². The first kappa shape index (κ1) is 26.4. The quantitative estimate of drug-likeness (QED) is 0.182. The van der Waals surface area contributed by atoms with Crippen LogP contribution in [-0.2, 0) is 11.3 Å². The lowest BCUT2D eigenvalue weighted by molar-refractivity contribution is 0.00534. The number of hydrogen-bond acceptors (Lipinski definition) is 4. The molecule has 3 N–H and O–H groups in total. The molecule has 0 aromatic heterocycles. The molecular weight excluding hydrogens is 503 g/mol. The number of hydrogen-bond donors (Lipinski definition) is 3. The highest BCUT2D eigenvalue weighted by Gasteiger charge is 2.24. The Morgan fingerprint density at radius 3 is 2.58 bits per heavy atom. The summed E-state index contributed by atoms with van der Waals surface area (Å²) < 4.78 is 6.12. The van der Waals surface area contributed by atoms with Gasteiger partial charge >= 0.3 is 0 Å². The van der Waals surface area contributed by atoms with Gasteiger partial charge in [0.25, 0.3) is 0 Å². The molecule has 3 rings (SSSR count). The number of ether oxygens (including phenoxy) is 1. The molecule has 7 heteroatoms. The van der Waals surface area contributed by atoms with Crippen molar-refractivity contribution >= 4 is 29.9 Å². The Kier molecular flexibility index (Phi) is 12.8. The molecule has 0 amide bonds. The third-order valence-electron chi connectivity index (χ3n) is 6.20. The van der Waals surface area contributed by atoms with Crippen molar-refractivity contribution in [3.05, 3.63) is 35.9 Å². The van der Waals surface area contributed by atoms with E-state index in [1.54, 1.807) is 0 Å². The summed E-state index contributed by atoms with van der Waals surface area (Å²) in [5.74, 6) is 1.17. The highest BCUT2D eigenvalue weighted by Crippen LogP contribution is 2.25. The van der Waals surface area contributed by atoms with Crippen LogP contribution in [0.5, 0.6) is 0 Å². The van der Waals surface area contributed by atoms with Gasteiger partial charge < -0.3 is 20.5 Å². The van der Waals surface area contributed by atoms with Crippen LogP contribution in [0.2, 0.25) is 0 Å². The molecule has 0 bridgehead atoms. The maximum absolute atomic E-state index is 9.96. The predicted molar refractivity (Wildman–Crippen MR) is 138 cm³/mol. The SMILES string of the molecule is CCNC(=NCC1CCCC1O)NCCCOC1CCN(Cc2ccccc2)CC1.I. The second-order valence-electron chi connectivity index (χ2n) is 8.59. The maximum Gasteiger partial charge on any atom is 0.191 e. The number of aliphatic hydroxyl groups excluding tert-OH is 1. The molecule has 0 radical (unpaired) electrons. The van der Waals surface area contributed by atoms with Crippen LogP contribution in [0.3, 0.4) is 0 Å². The third-order valence-corrected chi connectivity index (χ3v) is 6.20. The third kappa shape index (κ3) is 9.63. The summed E-state index contributed by atoms with van der Waals surface area (Å²) in [6.45, 7) is 8.54. The van der Waals surface area contributed by atoms with Crippen LogP contribution in [0, 0.1) is 5.92 Å². The summed E-state index contributed by atoms with van der Waals surface area (Å²) >= 11 is 0. The van der Waals surface area contributed by atoms with Gasteiger partial charge in [-0.25, -0.2) is 0 Å². The molecule has 1 aliphatic heterocycles. The number of nitrogens with zero attached hydrogens (tertiary/aromatic N) is 2. The van der Waals surface area contributed by atoms with E-state index in [0.717, 1.165) is 83.8 Å². The van der Waals surface area contributed by atoms with Crippen molar-refractivity contribution in [1.82, 2.24) is 15.5 Å². The Labute approximate surface area is 205 Å². The fraction of sp³-hybridized carbons (Fsp3) is 0.708. The van der Waals surface area contributed by atoms with Crippen LogP contribution in [0.25, 0.3) is 0 Å². The first-order valence-corrected chi connectivity index (χ1v) is 11.8. The summed E-state index contributed by atoms with van der Waals surface area (Å²) in [4.78, 5) is 7.19. The molecule has 2 atom stereocenters. The van der Waals surface area contributed by atoms with E-state index in [1.165, 1.54) is 5.56 Å². The van der Waals surface area contributed by atoms with Crippen LogP contribution in [0.1, 0.15) is 51.0 Å². The van der Waals surface area contributed by atoms with E-state index in [0.29, 0.717) is 18.6 Å². The van der Waals surface area contributed by atoms with E-state index in [1.807, 2.05) is 0 Å². The highest BCUT2D eigenvalue weighted by molar-refractivity contribution is 14.0. The van der Waals surface area contributed by atoms with E-state index in [2.05, 4.69) is 57.8 Å². The number of nitrogens with one attached hydrogen (secondary N) is 2. The Balaban J connectivity index is 0.00000341. The van der Waals surface area contributed by atoms with Crippen molar-refractivity contribution in [1.29, 1.82) is 0 Å². The Hall–Kier alpha value is -0.900. The number of benzene rings is 1. The molecule has 1 saturated carbocycles. The minimum absolute atomic E-state index is 0. The van der Waals surface area contributed by atoms with Crippen molar-refractivity contribution in [2.24, 2.45) is 10.9 Å². The number of likely N-dealkylation sites (tertiary alicyclic amines) is 1. The monoisotopic (exact) mass is 544 g/mol. The smallest absolute Gasteiger partial charge is 0.191 e. The fourth-order valence-electron chi connectivity index (χ4n) is 4.39. The second-order valence-corrected chi connectivity index (χ2v) is 8.59. The van der Waals surface area contributed by atoms with E-state index < -0.39 is 0 Å². The van der Waals surface area contributed by atoms with Crippen molar-refractivity contribution in [3.8, 4) is 0 Å². The van der Waals surface area contributed by atoms with Gasteiger partial charge in [0.05, 0.1) is 12.2 Å². The van der Waals surface area contributed by atoms with Crippen molar-refractivity contribution in [3.63, 3.8) is 0 Å². The van der Waals surface area contributed by atoms with E-state index in [-0.39, 0.29) is 30.1 Å². The van der Waals surface area contributed by atoms with Crippen molar-refractivity contribution < 1.29 is 9.84 Å². The molecular formula is C24H41IN4O2. The number of piperidine rings is 1. The average Bonchev–Trinajstić information content (AvgIpc) is 3.18. The van der Waals surface area contributed by atoms with E-state index >= 15 is 0 Å². The van der Waals surface area contributed by atoms with Crippen LogP contribution in [0.4, 0.5) is 0 Å². The van der Waals surface area contributed by atoms with Crippen molar-refractivity contribution in [2.45, 2.75) is 64.2 Å². The maximum atomic E-state index is 9.96. The van der Waals surface area contributed by atoms with Gasteiger partial charge in [-0.15, -0.1) is 24.0 Å². The van der Waals surface area contributed by atoms with Crippen LogP contribution in [-0.4, -0.2) is 67.5 Å². The summed E-state index contributed by atoms with van der Waals surface area (Å²) in [7, 11) is 0. The number of halogens is 1. The standard InChI is InChI=1S/C24H40N4O2.HI/c1-2-25-24(27-18-21-10-6-11-23(21)29)26-14-7-17-30-22-12-15-28(16-13-22)19-20-8-4-3-5-9-20;/h3-5,8-9,21-23,29H,2,6-7,10-19H2,1H3,(H2,25,26,27);1H. The van der Waals surface area contributed by atoms with Gasteiger partial charge in [-0.3, -0.25) is 9.89 Å². The van der Waals surface area contributed by atoms with Gasteiger partial charge in [0, 0.05) is 51.8 Å². The molecule has 2 unspecified atom stereocenters. The second kappa shape index (κ2) is 15.0. The minimum Gasteiger partial charge on any atom is -0.393 e. The summed E-state index contributed by atoms with van der Waals surface area (Å²) in [6.07, 6.45) is 6.55. The van der Waals surface area contributed by atoms with Gasteiger partial charge in [0.2, 0.25) is 0 Å². The molecule has 6 nitrogen and oxygen atoms in total.